The maximum atomic E-state index is 11.8. The van der Waals surface area contributed by atoms with E-state index in [0.717, 1.165) is 37.6 Å². The van der Waals surface area contributed by atoms with Crippen molar-refractivity contribution in [3.05, 3.63) is 43.0 Å². The lowest BCUT2D eigenvalue weighted by Crippen LogP contribution is -2.48. The third kappa shape index (κ3) is 7.23. The maximum absolute atomic E-state index is 11.8. The van der Waals surface area contributed by atoms with Crippen molar-refractivity contribution in [1.82, 2.24) is 15.1 Å². The predicted octanol–water partition coefficient (Wildman–Crippen LogP) is 2.37. The molecule has 7 heteroatoms. The van der Waals surface area contributed by atoms with E-state index >= 15 is 0 Å². The van der Waals surface area contributed by atoms with E-state index in [-0.39, 0.29) is 42.5 Å². The number of likely N-dealkylation sites (tertiary alicyclic amines) is 1. The van der Waals surface area contributed by atoms with Crippen molar-refractivity contribution in [2.24, 2.45) is 4.99 Å². The summed E-state index contributed by atoms with van der Waals surface area (Å²) in [6.45, 7) is 6.18. The molecule has 0 unspecified atom stereocenters. The first-order valence-electron chi connectivity index (χ1n) is 8.66. The van der Waals surface area contributed by atoms with Crippen LogP contribution in [0.25, 0.3) is 0 Å². The number of ether oxygens (including phenoxy) is 1. The van der Waals surface area contributed by atoms with Crippen LogP contribution in [0.4, 0.5) is 0 Å². The molecule has 6 nitrogen and oxygen atoms in total. The minimum absolute atomic E-state index is 0. The number of likely N-dealkylation sites (N-methyl/N-ethyl adjacent to an activating group) is 1. The van der Waals surface area contributed by atoms with Gasteiger partial charge in [-0.1, -0.05) is 24.3 Å². The molecule has 1 amide bonds. The Morgan fingerprint density at radius 1 is 1.35 bits per heavy atom. The predicted molar refractivity (Wildman–Crippen MR) is 116 cm³/mol. The molecule has 1 aliphatic heterocycles. The molecule has 1 aliphatic rings. The van der Waals surface area contributed by atoms with Gasteiger partial charge in [-0.2, -0.15) is 0 Å². The van der Waals surface area contributed by atoms with Crippen LogP contribution in [-0.4, -0.2) is 68.0 Å². The van der Waals surface area contributed by atoms with Crippen LogP contribution in [0.5, 0.6) is 5.75 Å². The van der Waals surface area contributed by atoms with Crippen LogP contribution >= 0.6 is 24.0 Å². The Hall–Kier alpha value is -1.77. The highest BCUT2D eigenvalue weighted by molar-refractivity contribution is 14.0. The summed E-state index contributed by atoms with van der Waals surface area (Å²) in [4.78, 5) is 20.0. The number of nitrogens with zero attached hydrogens (tertiary/aromatic N) is 3. The normalized spacial score (nSPS) is 15.0. The van der Waals surface area contributed by atoms with Crippen molar-refractivity contribution in [2.75, 3.05) is 40.3 Å². The Morgan fingerprint density at radius 3 is 2.58 bits per heavy atom. The molecule has 0 aliphatic carbocycles. The van der Waals surface area contributed by atoms with Gasteiger partial charge in [0.1, 0.15) is 18.4 Å². The van der Waals surface area contributed by atoms with E-state index in [2.05, 4.69) is 21.8 Å². The third-order valence-corrected chi connectivity index (χ3v) is 4.05. The third-order valence-electron chi connectivity index (χ3n) is 4.05. The number of nitrogens with one attached hydrogen (secondary N) is 1. The van der Waals surface area contributed by atoms with Crippen molar-refractivity contribution in [3.63, 3.8) is 0 Å². The van der Waals surface area contributed by atoms with Crippen LogP contribution in [0.15, 0.2) is 48.0 Å². The summed E-state index contributed by atoms with van der Waals surface area (Å²) in [6, 6.07) is 9.92. The van der Waals surface area contributed by atoms with E-state index in [1.54, 1.807) is 25.1 Å². The molecule has 1 N–H and O–H groups in total. The molecule has 1 fully saturated rings. The summed E-state index contributed by atoms with van der Waals surface area (Å²) in [5.41, 5.74) is 0. The lowest BCUT2D eigenvalue weighted by Gasteiger charge is -2.34. The molecule has 2 rings (SSSR count). The largest absolute Gasteiger partial charge is 0.490 e. The first-order valence-corrected chi connectivity index (χ1v) is 8.66. The van der Waals surface area contributed by atoms with Crippen LogP contribution in [0.3, 0.4) is 0 Å². The minimum Gasteiger partial charge on any atom is -0.490 e. The average Bonchev–Trinajstić information content (AvgIpc) is 2.63. The highest BCUT2D eigenvalue weighted by Crippen LogP contribution is 2.18. The lowest BCUT2D eigenvalue weighted by atomic mass is 10.1. The second-order valence-corrected chi connectivity index (χ2v) is 6.21. The van der Waals surface area contributed by atoms with Gasteiger partial charge in [0.05, 0.1) is 0 Å². The number of hydrogen-bond acceptors (Lipinski definition) is 3. The van der Waals surface area contributed by atoms with Gasteiger partial charge in [0.2, 0.25) is 5.91 Å². The quantitative estimate of drug-likeness (QED) is 0.299. The van der Waals surface area contributed by atoms with Gasteiger partial charge in [0.15, 0.2) is 5.96 Å². The fourth-order valence-corrected chi connectivity index (χ4v) is 2.59. The summed E-state index contributed by atoms with van der Waals surface area (Å²) >= 11 is 0. The van der Waals surface area contributed by atoms with Gasteiger partial charge in [-0.05, 0) is 12.1 Å². The number of guanidine groups is 1. The monoisotopic (exact) mass is 472 g/mol. The van der Waals surface area contributed by atoms with E-state index in [9.17, 15) is 4.79 Å². The molecule has 0 bridgehead atoms. The van der Waals surface area contributed by atoms with Crippen molar-refractivity contribution in [3.8, 4) is 5.75 Å². The zero-order chi connectivity index (χ0) is 18.1. The lowest BCUT2D eigenvalue weighted by molar-refractivity contribution is -0.127. The van der Waals surface area contributed by atoms with Gasteiger partial charge in [0.25, 0.3) is 0 Å². The summed E-state index contributed by atoms with van der Waals surface area (Å²) in [7, 11) is 3.47. The van der Waals surface area contributed by atoms with Gasteiger partial charge < -0.3 is 19.9 Å². The Bertz CT molecular complexity index is 584. The highest BCUT2D eigenvalue weighted by atomic mass is 127. The SMILES string of the molecule is C=CCNC(=NCC(=O)N(C)C)N1CCC(Oc2ccccc2)CC1.I. The van der Waals surface area contributed by atoms with Gasteiger partial charge in [0, 0.05) is 46.6 Å². The van der Waals surface area contributed by atoms with Crippen molar-refractivity contribution in [1.29, 1.82) is 0 Å². The number of hydrogen-bond donors (Lipinski definition) is 1. The molecular weight excluding hydrogens is 443 g/mol. The molecule has 0 saturated carbocycles. The molecule has 1 aromatic carbocycles. The molecule has 0 spiro atoms. The number of amides is 1. The Balaban J connectivity index is 0.00000338. The summed E-state index contributed by atoms with van der Waals surface area (Å²) in [5, 5.41) is 3.24. The van der Waals surface area contributed by atoms with Gasteiger partial charge >= 0.3 is 0 Å². The van der Waals surface area contributed by atoms with Gasteiger partial charge in [-0.25, -0.2) is 4.99 Å². The van der Waals surface area contributed by atoms with Gasteiger partial charge in [-0.15, -0.1) is 30.6 Å². The molecule has 1 saturated heterocycles. The van der Waals surface area contributed by atoms with Crippen molar-refractivity contribution >= 4 is 35.8 Å². The minimum atomic E-state index is -0.0137. The number of halogens is 1. The molecule has 26 heavy (non-hydrogen) atoms. The highest BCUT2D eigenvalue weighted by Gasteiger charge is 2.23. The molecule has 144 valence electrons. The van der Waals surface area contributed by atoms with Crippen LogP contribution < -0.4 is 10.1 Å². The van der Waals surface area contributed by atoms with Crippen molar-refractivity contribution in [2.45, 2.75) is 18.9 Å². The summed E-state index contributed by atoms with van der Waals surface area (Å²) < 4.78 is 6.03. The van der Waals surface area contributed by atoms with Crippen LogP contribution in [-0.2, 0) is 4.79 Å². The first-order chi connectivity index (χ1) is 12.1. The first kappa shape index (κ1) is 22.3. The standard InChI is InChI=1S/C19H28N4O2.HI/c1-4-12-20-19(21-15-18(24)22(2)3)23-13-10-17(11-14-23)25-16-8-6-5-7-9-16;/h4-9,17H,1,10-15H2,2-3H3,(H,20,21);1H. The number of aliphatic imine (C=N–C) groups is 1. The fourth-order valence-electron chi connectivity index (χ4n) is 2.59. The maximum Gasteiger partial charge on any atom is 0.243 e. The van der Waals surface area contributed by atoms with Gasteiger partial charge in [-0.3, -0.25) is 4.79 Å². The fraction of sp³-hybridized carbons (Fsp3) is 0.474. The number of benzene rings is 1. The topological polar surface area (TPSA) is 57.2 Å². The van der Waals surface area contributed by atoms with E-state index in [0.29, 0.717) is 6.54 Å². The zero-order valence-corrected chi connectivity index (χ0v) is 17.9. The number of piperidine rings is 1. The van der Waals surface area contributed by atoms with E-state index in [1.807, 2.05) is 30.3 Å². The number of para-hydroxylation sites is 1. The molecule has 1 heterocycles. The smallest absolute Gasteiger partial charge is 0.243 e. The number of carbonyl (C=O) groups is 1. The Kier molecular flexibility index (Phi) is 10.1. The summed E-state index contributed by atoms with van der Waals surface area (Å²) in [5.74, 6) is 1.66. The molecule has 0 radical (unpaired) electrons. The summed E-state index contributed by atoms with van der Waals surface area (Å²) in [6.07, 6.45) is 3.84. The molecule has 1 aromatic rings. The molecule has 0 atom stereocenters. The van der Waals surface area contributed by atoms with Crippen LogP contribution in [0.2, 0.25) is 0 Å². The second kappa shape index (κ2) is 11.8. The zero-order valence-electron chi connectivity index (χ0n) is 15.6. The van der Waals surface area contributed by atoms with E-state index in [4.69, 9.17) is 4.74 Å². The van der Waals surface area contributed by atoms with Crippen molar-refractivity contribution < 1.29 is 9.53 Å². The van der Waals surface area contributed by atoms with E-state index < -0.39 is 0 Å². The number of rotatable bonds is 6. The number of carbonyl (C=O) groups excluding carboxylic acids is 1. The van der Waals surface area contributed by atoms with Crippen LogP contribution in [0.1, 0.15) is 12.8 Å². The molecular formula is C19H29IN4O2. The Labute approximate surface area is 173 Å². The molecule has 0 aromatic heterocycles. The Morgan fingerprint density at radius 2 is 2.00 bits per heavy atom. The average molecular weight is 472 g/mol. The van der Waals surface area contributed by atoms with Crippen LogP contribution in [0, 0.1) is 0 Å². The second-order valence-electron chi connectivity index (χ2n) is 6.21. The van der Waals surface area contributed by atoms with E-state index in [1.165, 1.54) is 0 Å².